The first-order valence-electron chi connectivity index (χ1n) is 4.86. The van der Waals surface area contributed by atoms with Crippen molar-refractivity contribution in [1.29, 1.82) is 0 Å². The van der Waals surface area contributed by atoms with Crippen LogP contribution in [-0.4, -0.2) is 11.9 Å². The van der Waals surface area contributed by atoms with Gasteiger partial charge in [-0.15, -0.1) is 11.6 Å². The number of benzene rings is 1. The van der Waals surface area contributed by atoms with Gasteiger partial charge < -0.3 is 5.32 Å². The van der Waals surface area contributed by atoms with Crippen LogP contribution in [-0.2, 0) is 6.54 Å². The molecule has 0 aliphatic rings. The van der Waals surface area contributed by atoms with Gasteiger partial charge in [-0.2, -0.15) is 0 Å². The highest BCUT2D eigenvalue weighted by molar-refractivity contribution is 6.17. The summed E-state index contributed by atoms with van der Waals surface area (Å²) in [5.74, 6) is -0.250. The van der Waals surface area contributed by atoms with E-state index in [1.807, 2.05) is 6.92 Å². The fourth-order valence-corrected chi connectivity index (χ4v) is 1.56. The van der Waals surface area contributed by atoms with Crippen molar-refractivity contribution in [3.05, 3.63) is 35.4 Å². The predicted molar refractivity (Wildman–Crippen MR) is 58.0 cm³/mol. The molecule has 1 rings (SSSR count). The standard InChI is InChI=1S/C11H14ClF2N/c1-8(4-5-12)15-7-9-6-10(13)2-3-11(9)14/h2-3,6,8,15H,4-5,7H2,1H3. The topological polar surface area (TPSA) is 12.0 Å². The Bertz CT molecular complexity index is 317. The summed E-state index contributed by atoms with van der Waals surface area (Å²) in [6.07, 6.45) is 0.804. The van der Waals surface area contributed by atoms with E-state index in [0.717, 1.165) is 18.6 Å². The van der Waals surface area contributed by atoms with Crippen molar-refractivity contribution in [2.75, 3.05) is 5.88 Å². The van der Waals surface area contributed by atoms with E-state index >= 15 is 0 Å². The van der Waals surface area contributed by atoms with E-state index in [2.05, 4.69) is 5.32 Å². The van der Waals surface area contributed by atoms with Crippen LogP contribution >= 0.6 is 11.6 Å². The van der Waals surface area contributed by atoms with Crippen molar-refractivity contribution < 1.29 is 8.78 Å². The number of rotatable bonds is 5. The maximum atomic E-state index is 13.2. The summed E-state index contributed by atoms with van der Waals surface area (Å²) in [4.78, 5) is 0. The van der Waals surface area contributed by atoms with E-state index in [4.69, 9.17) is 11.6 Å². The first kappa shape index (κ1) is 12.4. The second-order valence-electron chi connectivity index (χ2n) is 3.50. The summed E-state index contributed by atoms with van der Waals surface area (Å²) >= 11 is 5.56. The molecule has 1 nitrogen and oxygen atoms in total. The zero-order chi connectivity index (χ0) is 11.3. The van der Waals surface area contributed by atoms with Crippen molar-refractivity contribution >= 4 is 11.6 Å². The zero-order valence-electron chi connectivity index (χ0n) is 8.56. The second kappa shape index (κ2) is 6.03. The van der Waals surface area contributed by atoms with Crippen molar-refractivity contribution in [2.45, 2.75) is 25.9 Å². The monoisotopic (exact) mass is 233 g/mol. The Balaban J connectivity index is 2.53. The lowest BCUT2D eigenvalue weighted by Crippen LogP contribution is -2.26. The summed E-state index contributed by atoms with van der Waals surface area (Å²) in [5.41, 5.74) is 0.344. The molecular formula is C11H14ClF2N. The second-order valence-corrected chi connectivity index (χ2v) is 3.87. The molecule has 1 atom stereocenters. The normalized spacial score (nSPS) is 12.8. The predicted octanol–water partition coefficient (Wildman–Crippen LogP) is 3.07. The third-order valence-electron chi connectivity index (χ3n) is 2.19. The zero-order valence-corrected chi connectivity index (χ0v) is 9.32. The molecule has 1 unspecified atom stereocenters. The van der Waals surface area contributed by atoms with Crippen LogP contribution in [0.1, 0.15) is 18.9 Å². The van der Waals surface area contributed by atoms with Gasteiger partial charge in [0.1, 0.15) is 11.6 Å². The van der Waals surface area contributed by atoms with E-state index in [-0.39, 0.29) is 11.9 Å². The third kappa shape index (κ3) is 4.14. The number of alkyl halides is 1. The molecular weight excluding hydrogens is 220 g/mol. The van der Waals surface area contributed by atoms with Gasteiger partial charge in [0.2, 0.25) is 0 Å². The molecule has 0 aliphatic carbocycles. The maximum Gasteiger partial charge on any atom is 0.127 e. The Kier molecular flexibility index (Phi) is 4.99. The van der Waals surface area contributed by atoms with Crippen molar-refractivity contribution in [3.63, 3.8) is 0 Å². The highest BCUT2D eigenvalue weighted by Crippen LogP contribution is 2.09. The summed E-state index contributed by atoms with van der Waals surface area (Å²) < 4.78 is 26.0. The van der Waals surface area contributed by atoms with E-state index in [9.17, 15) is 8.78 Å². The SMILES string of the molecule is CC(CCCl)NCc1cc(F)ccc1F. The van der Waals surface area contributed by atoms with Crippen molar-refractivity contribution in [2.24, 2.45) is 0 Å². The van der Waals surface area contributed by atoms with Gasteiger partial charge in [0.25, 0.3) is 0 Å². The number of hydrogen-bond donors (Lipinski definition) is 1. The molecule has 0 bridgehead atoms. The van der Waals surface area contributed by atoms with E-state index < -0.39 is 5.82 Å². The Hall–Kier alpha value is -0.670. The number of hydrogen-bond acceptors (Lipinski definition) is 1. The van der Waals surface area contributed by atoms with Crippen molar-refractivity contribution in [3.8, 4) is 0 Å². The highest BCUT2D eigenvalue weighted by Gasteiger charge is 2.05. The lowest BCUT2D eigenvalue weighted by atomic mass is 10.2. The quantitative estimate of drug-likeness (QED) is 0.771. The molecule has 1 aromatic carbocycles. The molecule has 0 aromatic heterocycles. The van der Waals surface area contributed by atoms with Crippen LogP contribution in [0.2, 0.25) is 0 Å². The first-order valence-corrected chi connectivity index (χ1v) is 5.40. The minimum Gasteiger partial charge on any atom is -0.310 e. The van der Waals surface area contributed by atoms with Crippen LogP contribution in [0.15, 0.2) is 18.2 Å². The molecule has 0 amide bonds. The first-order chi connectivity index (χ1) is 7.13. The van der Waals surface area contributed by atoms with E-state index in [1.54, 1.807) is 0 Å². The van der Waals surface area contributed by atoms with Gasteiger partial charge in [0.05, 0.1) is 0 Å². The van der Waals surface area contributed by atoms with Gasteiger partial charge in [0.15, 0.2) is 0 Å². The van der Waals surface area contributed by atoms with E-state index in [1.165, 1.54) is 6.07 Å². The molecule has 84 valence electrons. The number of halogens is 3. The average molecular weight is 234 g/mol. The fourth-order valence-electron chi connectivity index (χ4n) is 1.23. The Morgan fingerprint density at radius 3 is 2.80 bits per heavy atom. The molecule has 0 aliphatic heterocycles. The molecule has 0 heterocycles. The van der Waals surface area contributed by atoms with Gasteiger partial charge in [-0.3, -0.25) is 0 Å². The largest absolute Gasteiger partial charge is 0.310 e. The summed E-state index contributed by atoms with van der Waals surface area (Å²) in [6, 6.07) is 3.65. The van der Waals surface area contributed by atoms with Crippen molar-refractivity contribution in [1.82, 2.24) is 5.32 Å². The summed E-state index contributed by atoms with van der Waals surface area (Å²) in [5, 5.41) is 3.08. The molecule has 0 spiro atoms. The van der Waals surface area contributed by atoms with Gasteiger partial charge >= 0.3 is 0 Å². The molecule has 1 aromatic rings. The molecule has 1 N–H and O–H groups in total. The maximum absolute atomic E-state index is 13.2. The molecule has 0 saturated carbocycles. The molecule has 15 heavy (non-hydrogen) atoms. The molecule has 0 radical (unpaired) electrons. The van der Waals surface area contributed by atoms with Crippen LogP contribution in [0.25, 0.3) is 0 Å². The Morgan fingerprint density at radius 2 is 2.13 bits per heavy atom. The van der Waals surface area contributed by atoms with Crippen LogP contribution in [0, 0.1) is 11.6 Å². The van der Waals surface area contributed by atoms with Gasteiger partial charge in [-0.1, -0.05) is 0 Å². The van der Waals surface area contributed by atoms with Gasteiger partial charge in [-0.25, -0.2) is 8.78 Å². The van der Waals surface area contributed by atoms with Crippen LogP contribution in [0.3, 0.4) is 0 Å². The van der Waals surface area contributed by atoms with Crippen LogP contribution in [0.5, 0.6) is 0 Å². The van der Waals surface area contributed by atoms with Gasteiger partial charge in [-0.05, 0) is 31.5 Å². The lowest BCUT2D eigenvalue weighted by Gasteiger charge is -2.12. The summed E-state index contributed by atoms with van der Waals surface area (Å²) in [7, 11) is 0. The average Bonchev–Trinajstić information content (AvgIpc) is 2.20. The van der Waals surface area contributed by atoms with E-state index in [0.29, 0.717) is 18.0 Å². The lowest BCUT2D eigenvalue weighted by molar-refractivity contribution is 0.513. The van der Waals surface area contributed by atoms with Gasteiger partial charge in [0, 0.05) is 24.0 Å². The third-order valence-corrected chi connectivity index (χ3v) is 2.41. The van der Waals surface area contributed by atoms with Crippen LogP contribution in [0.4, 0.5) is 8.78 Å². The number of nitrogens with one attached hydrogen (secondary N) is 1. The molecule has 0 fully saturated rings. The Morgan fingerprint density at radius 1 is 1.40 bits per heavy atom. The minimum atomic E-state index is -0.418. The highest BCUT2D eigenvalue weighted by atomic mass is 35.5. The smallest absolute Gasteiger partial charge is 0.127 e. The fraction of sp³-hybridized carbons (Fsp3) is 0.455. The Labute approximate surface area is 93.4 Å². The molecule has 4 heteroatoms. The minimum absolute atomic E-state index is 0.199. The molecule has 0 saturated heterocycles. The van der Waals surface area contributed by atoms with Crippen LogP contribution < -0.4 is 5.32 Å². The summed E-state index contributed by atoms with van der Waals surface area (Å²) in [6.45, 7) is 2.28.